The molecule has 0 aromatic heterocycles. The van der Waals surface area contributed by atoms with Gasteiger partial charge in [0.1, 0.15) is 16.7 Å². The molecule has 7 nitrogen and oxygen atoms in total. The van der Waals surface area contributed by atoms with Crippen LogP contribution >= 0.6 is 35.6 Å². The molecule has 1 fully saturated rings. The van der Waals surface area contributed by atoms with Crippen LogP contribution in [0.4, 0.5) is 5.69 Å². The van der Waals surface area contributed by atoms with Gasteiger partial charge in [-0.05, 0) is 41.5 Å². The molecule has 2 aromatic carbocycles. The van der Waals surface area contributed by atoms with Crippen LogP contribution in [-0.4, -0.2) is 40.3 Å². The van der Waals surface area contributed by atoms with Crippen LogP contribution in [0.25, 0.3) is 6.08 Å². The van der Waals surface area contributed by atoms with E-state index >= 15 is 0 Å². The molecule has 30 heavy (non-hydrogen) atoms. The number of thioether (sulfide) groups is 1. The molecule has 0 saturated carbocycles. The fraction of sp³-hybridized carbons (Fsp3) is 0.200. The van der Waals surface area contributed by atoms with Gasteiger partial charge in [-0.1, -0.05) is 41.6 Å². The summed E-state index contributed by atoms with van der Waals surface area (Å²) in [5, 5.41) is 11.1. The number of hydrogen-bond donors (Lipinski definition) is 0. The van der Waals surface area contributed by atoms with Crippen LogP contribution in [-0.2, 0) is 16.1 Å². The van der Waals surface area contributed by atoms with E-state index in [0.29, 0.717) is 33.1 Å². The zero-order valence-corrected chi connectivity index (χ0v) is 18.3. The second kappa shape index (κ2) is 10.0. The first kappa shape index (κ1) is 22.2. The highest BCUT2D eigenvalue weighted by molar-refractivity contribution is 8.26. The molecule has 0 atom stereocenters. The summed E-state index contributed by atoms with van der Waals surface area (Å²) in [5.41, 5.74) is 1.55. The van der Waals surface area contributed by atoms with E-state index in [1.807, 2.05) is 0 Å². The smallest absolute Gasteiger partial charge is 0.269 e. The van der Waals surface area contributed by atoms with Crippen molar-refractivity contribution >= 4 is 57.6 Å². The largest absolute Gasteiger partial charge is 0.487 e. The molecule has 1 aliphatic rings. The summed E-state index contributed by atoms with van der Waals surface area (Å²) in [6.07, 6.45) is 1.73. The molecular formula is C20H17ClN2O5S2. The zero-order chi connectivity index (χ0) is 21.7. The summed E-state index contributed by atoms with van der Waals surface area (Å²) in [6.45, 7) is 1.04. The maximum Gasteiger partial charge on any atom is 0.269 e. The molecule has 156 valence electrons. The third-order valence-corrected chi connectivity index (χ3v) is 5.86. The lowest BCUT2D eigenvalue weighted by Gasteiger charge is -2.13. The summed E-state index contributed by atoms with van der Waals surface area (Å²) >= 11 is 12.8. The minimum Gasteiger partial charge on any atom is -0.487 e. The number of rotatable bonds is 8. The van der Waals surface area contributed by atoms with Crippen LogP contribution in [0.3, 0.4) is 0 Å². The summed E-state index contributed by atoms with van der Waals surface area (Å²) in [7, 11) is 1.57. The number of nitro groups is 1. The summed E-state index contributed by atoms with van der Waals surface area (Å²) in [4.78, 5) is 24.8. The minimum atomic E-state index is -0.453. The Morgan fingerprint density at radius 1 is 1.27 bits per heavy atom. The Bertz CT molecular complexity index is 1010. The second-order valence-corrected chi connectivity index (χ2v) is 8.31. The van der Waals surface area contributed by atoms with Gasteiger partial charge in [0.05, 0.1) is 28.0 Å². The van der Waals surface area contributed by atoms with Crippen molar-refractivity contribution in [2.75, 3.05) is 20.3 Å². The van der Waals surface area contributed by atoms with Crippen molar-refractivity contribution in [3.8, 4) is 5.75 Å². The quantitative estimate of drug-likeness (QED) is 0.243. The molecule has 1 heterocycles. The molecule has 2 aromatic rings. The number of carbonyl (C=O) groups excluding carboxylic acids is 1. The van der Waals surface area contributed by atoms with Crippen molar-refractivity contribution in [1.29, 1.82) is 0 Å². The van der Waals surface area contributed by atoms with Crippen molar-refractivity contribution in [2.45, 2.75) is 6.61 Å². The fourth-order valence-electron chi connectivity index (χ4n) is 2.63. The van der Waals surface area contributed by atoms with Crippen LogP contribution in [0.2, 0.25) is 5.02 Å². The summed E-state index contributed by atoms with van der Waals surface area (Å²) < 4.78 is 11.2. The predicted octanol–water partition coefficient (Wildman–Crippen LogP) is 4.67. The number of benzene rings is 2. The van der Waals surface area contributed by atoms with Gasteiger partial charge in [0.2, 0.25) is 0 Å². The van der Waals surface area contributed by atoms with Crippen molar-refractivity contribution in [3.63, 3.8) is 0 Å². The Kier molecular flexibility index (Phi) is 7.43. The molecule has 0 N–H and O–H groups in total. The van der Waals surface area contributed by atoms with E-state index in [9.17, 15) is 14.9 Å². The highest BCUT2D eigenvalue weighted by Gasteiger charge is 2.31. The molecule has 0 aliphatic carbocycles. The van der Waals surface area contributed by atoms with Crippen LogP contribution in [0, 0.1) is 10.1 Å². The fourth-order valence-corrected chi connectivity index (χ4v) is 4.18. The molecule has 10 heteroatoms. The third kappa shape index (κ3) is 5.37. The van der Waals surface area contributed by atoms with Crippen molar-refractivity contribution < 1.29 is 19.2 Å². The Morgan fingerprint density at radius 2 is 2.00 bits per heavy atom. The Labute approximate surface area is 187 Å². The number of ether oxygens (including phenoxy) is 2. The number of amides is 1. The Balaban J connectivity index is 1.66. The maximum atomic E-state index is 12.5. The van der Waals surface area contributed by atoms with E-state index in [4.69, 9.17) is 33.3 Å². The van der Waals surface area contributed by atoms with E-state index in [1.165, 1.54) is 28.8 Å². The van der Waals surface area contributed by atoms with Crippen LogP contribution in [0.15, 0.2) is 47.4 Å². The van der Waals surface area contributed by atoms with Gasteiger partial charge in [-0.2, -0.15) is 0 Å². The molecule has 0 bridgehead atoms. The van der Waals surface area contributed by atoms with Gasteiger partial charge in [-0.15, -0.1) is 0 Å². The average molecular weight is 465 g/mol. The van der Waals surface area contributed by atoms with Crippen molar-refractivity contribution in [2.24, 2.45) is 0 Å². The van der Waals surface area contributed by atoms with Gasteiger partial charge in [0.15, 0.2) is 0 Å². The molecule has 0 radical (unpaired) electrons. The van der Waals surface area contributed by atoms with Crippen molar-refractivity contribution in [3.05, 3.63) is 73.6 Å². The van der Waals surface area contributed by atoms with Crippen LogP contribution < -0.4 is 4.74 Å². The molecule has 1 amide bonds. The summed E-state index contributed by atoms with van der Waals surface area (Å²) in [5.74, 6) is 0.316. The minimum absolute atomic E-state index is 0.0220. The Hall–Kier alpha value is -2.46. The highest BCUT2D eigenvalue weighted by atomic mass is 35.5. The molecule has 3 rings (SSSR count). The number of nitrogens with zero attached hydrogens (tertiary/aromatic N) is 2. The number of carbonyl (C=O) groups is 1. The number of non-ortho nitro benzene ring substituents is 1. The molecule has 0 unspecified atom stereocenters. The Morgan fingerprint density at radius 3 is 2.63 bits per heavy atom. The topological polar surface area (TPSA) is 81.9 Å². The van der Waals surface area contributed by atoms with Gasteiger partial charge >= 0.3 is 0 Å². The number of methoxy groups -OCH3 is 1. The molecule has 0 spiro atoms. The lowest BCUT2D eigenvalue weighted by Crippen LogP contribution is -2.31. The first-order valence-electron chi connectivity index (χ1n) is 8.79. The van der Waals surface area contributed by atoms with Gasteiger partial charge in [-0.25, -0.2) is 0 Å². The summed E-state index contributed by atoms with van der Waals surface area (Å²) in [6, 6.07) is 11.3. The van der Waals surface area contributed by atoms with Crippen LogP contribution in [0.5, 0.6) is 5.75 Å². The number of halogens is 1. The van der Waals surface area contributed by atoms with Gasteiger partial charge < -0.3 is 9.47 Å². The maximum absolute atomic E-state index is 12.5. The molecular weight excluding hydrogens is 448 g/mol. The zero-order valence-electron chi connectivity index (χ0n) is 15.9. The third-order valence-electron chi connectivity index (χ3n) is 4.19. The average Bonchev–Trinajstić information content (AvgIpc) is 2.98. The second-order valence-electron chi connectivity index (χ2n) is 6.23. The van der Waals surface area contributed by atoms with Gasteiger partial charge in [0.25, 0.3) is 11.6 Å². The molecule has 1 aliphatic heterocycles. The van der Waals surface area contributed by atoms with E-state index in [0.717, 1.165) is 11.1 Å². The number of hydrogen-bond acceptors (Lipinski definition) is 7. The molecule has 1 saturated heterocycles. The van der Waals surface area contributed by atoms with E-state index < -0.39 is 4.92 Å². The van der Waals surface area contributed by atoms with Crippen LogP contribution in [0.1, 0.15) is 11.1 Å². The number of nitro benzene ring substituents is 1. The van der Waals surface area contributed by atoms with E-state index in [1.54, 1.807) is 43.5 Å². The van der Waals surface area contributed by atoms with E-state index in [2.05, 4.69) is 0 Å². The van der Waals surface area contributed by atoms with Gasteiger partial charge in [-0.3, -0.25) is 19.8 Å². The van der Waals surface area contributed by atoms with E-state index in [-0.39, 0.29) is 18.2 Å². The lowest BCUT2D eigenvalue weighted by molar-refractivity contribution is -0.384. The highest BCUT2D eigenvalue weighted by Crippen LogP contribution is 2.34. The van der Waals surface area contributed by atoms with Crippen molar-refractivity contribution in [1.82, 2.24) is 4.90 Å². The SMILES string of the molecule is COCCN1C(=O)C(=Cc2ccc(OCc3ccc([N+](=O)[O-])cc3)c(Cl)c2)SC1=S. The normalized spacial score (nSPS) is 15.1. The first-order chi connectivity index (χ1) is 14.4. The number of thiocarbonyl (C=S) groups is 1. The lowest BCUT2D eigenvalue weighted by atomic mass is 10.2. The first-order valence-corrected chi connectivity index (χ1v) is 10.4. The monoisotopic (exact) mass is 464 g/mol. The van der Waals surface area contributed by atoms with Gasteiger partial charge in [0, 0.05) is 19.2 Å². The standard InChI is InChI=1S/C20H17ClN2O5S2/c1-27-9-8-22-19(24)18(30-20(22)29)11-14-4-7-17(16(21)10-14)28-12-13-2-5-15(6-3-13)23(25)26/h2-7,10-11H,8-9,12H2,1H3. The predicted molar refractivity (Wildman–Crippen MR) is 121 cm³/mol.